The van der Waals surface area contributed by atoms with E-state index in [1.807, 2.05) is 0 Å². The highest BCUT2D eigenvalue weighted by molar-refractivity contribution is 5.92. The van der Waals surface area contributed by atoms with Crippen LogP contribution in [0.15, 0.2) is 36.5 Å². The largest absolute Gasteiger partial charge is 0.416 e. The highest BCUT2D eigenvalue weighted by atomic mass is 19.4. The smallest absolute Gasteiger partial charge is 0.337 e. The average Bonchev–Trinajstić information content (AvgIpc) is 2.62. The van der Waals surface area contributed by atoms with Crippen molar-refractivity contribution in [3.63, 3.8) is 0 Å². The molecule has 1 fully saturated rings. The third kappa shape index (κ3) is 4.30. The van der Waals surface area contributed by atoms with Gasteiger partial charge in [0, 0.05) is 25.0 Å². The van der Waals surface area contributed by atoms with Crippen LogP contribution in [-0.2, 0) is 6.18 Å². The van der Waals surface area contributed by atoms with Crippen LogP contribution in [-0.4, -0.2) is 33.9 Å². The van der Waals surface area contributed by atoms with Gasteiger partial charge in [-0.05, 0) is 49.1 Å². The van der Waals surface area contributed by atoms with E-state index in [1.165, 1.54) is 24.4 Å². The van der Waals surface area contributed by atoms with Gasteiger partial charge >= 0.3 is 6.18 Å². The van der Waals surface area contributed by atoms with Gasteiger partial charge in [0.25, 0.3) is 5.91 Å². The lowest BCUT2D eigenvalue weighted by Gasteiger charge is -2.30. The van der Waals surface area contributed by atoms with Crippen molar-refractivity contribution in [2.75, 3.05) is 18.4 Å². The van der Waals surface area contributed by atoms with Crippen LogP contribution in [0.25, 0.3) is 0 Å². The molecular weight excluding hydrogens is 345 g/mol. The Morgan fingerprint density at radius 2 is 1.81 bits per heavy atom. The SMILES string of the molecule is CC1CCN(C(=O)c2ccnc(Nc3ccc(C(F)(F)F)cc3)n2)CC1. The minimum absolute atomic E-state index is 0.158. The summed E-state index contributed by atoms with van der Waals surface area (Å²) in [7, 11) is 0. The fraction of sp³-hybridized carbons (Fsp3) is 0.389. The molecule has 2 aromatic rings. The third-order valence-corrected chi connectivity index (χ3v) is 4.41. The van der Waals surface area contributed by atoms with Crippen LogP contribution in [0.2, 0.25) is 0 Å². The molecule has 0 radical (unpaired) electrons. The first-order valence-electron chi connectivity index (χ1n) is 8.39. The number of rotatable bonds is 3. The molecule has 5 nitrogen and oxygen atoms in total. The Hall–Kier alpha value is -2.64. The molecule has 0 unspecified atom stereocenters. The van der Waals surface area contributed by atoms with Gasteiger partial charge in [-0.3, -0.25) is 4.79 Å². The Labute approximate surface area is 149 Å². The Morgan fingerprint density at radius 3 is 2.42 bits per heavy atom. The van der Waals surface area contributed by atoms with E-state index in [1.54, 1.807) is 4.90 Å². The molecule has 0 atom stereocenters. The molecule has 1 aromatic carbocycles. The Balaban J connectivity index is 1.70. The zero-order chi connectivity index (χ0) is 18.7. The van der Waals surface area contributed by atoms with Crippen LogP contribution in [0.1, 0.15) is 35.8 Å². The van der Waals surface area contributed by atoms with Gasteiger partial charge in [-0.15, -0.1) is 0 Å². The van der Waals surface area contributed by atoms with Crippen molar-refractivity contribution in [1.82, 2.24) is 14.9 Å². The van der Waals surface area contributed by atoms with Gasteiger partial charge in [0.2, 0.25) is 5.95 Å². The number of carbonyl (C=O) groups excluding carboxylic acids is 1. The van der Waals surface area contributed by atoms with Crippen molar-refractivity contribution >= 4 is 17.5 Å². The number of benzene rings is 1. The molecule has 8 heteroatoms. The van der Waals surface area contributed by atoms with E-state index < -0.39 is 11.7 Å². The molecule has 138 valence electrons. The maximum absolute atomic E-state index is 12.6. The number of anilines is 2. The first-order valence-corrected chi connectivity index (χ1v) is 8.39. The van der Waals surface area contributed by atoms with E-state index in [2.05, 4.69) is 22.2 Å². The summed E-state index contributed by atoms with van der Waals surface area (Å²) in [5.41, 5.74) is -0.0504. The maximum atomic E-state index is 12.6. The maximum Gasteiger partial charge on any atom is 0.416 e. The first kappa shape index (κ1) is 18.2. The number of hydrogen-bond acceptors (Lipinski definition) is 4. The fourth-order valence-electron chi connectivity index (χ4n) is 2.78. The van der Waals surface area contributed by atoms with Gasteiger partial charge in [-0.25, -0.2) is 9.97 Å². The zero-order valence-corrected chi connectivity index (χ0v) is 14.3. The minimum atomic E-state index is -4.38. The number of nitrogens with zero attached hydrogens (tertiary/aromatic N) is 3. The summed E-state index contributed by atoms with van der Waals surface area (Å²) in [6, 6.07) is 6.09. The molecule has 3 rings (SSSR count). The van der Waals surface area contributed by atoms with Crippen molar-refractivity contribution in [3.8, 4) is 0 Å². The topological polar surface area (TPSA) is 58.1 Å². The molecule has 0 bridgehead atoms. The summed E-state index contributed by atoms with van der Waals surface area (Å²) in [5, 5.41) is 2.83. The minimum Gasteiger partial charge on any atom is -0.337 e. The van der Waals surface area contributed by atoms with Crippen molar-refractivity contribution in [1.29, 1.82) is 0 Å². The second-order valence-electron chi connectivity index (χ2n) is 6.44. The van der Waals surface area contributed by atoms with Gasteiger partial charge < -0.3 is 10.2 Å². The standard InChI is InChI=1S/C18H19F3N4O/c1-12-7-10-25(11-8-12)16(26)15-6-9-22-17(24-15)23-14-4-2-13(3-5-14)18(19,20)21/h2-6,9,12H,7-8,10-11H2,1H3,(H,22,23,24). The fourth-order valence-corrected chi connectivity index (χ4v) is 2.78. The zero-order valence-electron chi connectivity index (χ0n) is 14.3. The molecule has 0 aliphatic carbocycles. The monoisotopic (exact) mass is 364 g/mol. The van der Waals surface area contributed by atoms with E-state index in [0.717, 1.165) is 25.0 Å². The number of amides is 1. The highest BCUT2D eigenvalue weighted by Crippen LogP contribution is 2.30. The molecule has 1 aliphatic rings. The predicted octanol–water partition coefficient (Wildman–Crippen LogP) is 4.11. The molecule has 1 N–H and O–H groups in total. The lowest BCUT2D eigenvalue weighted by atomic mass is 9.99. The number of aromatic nitrogens is 2. The second kappa shape index (κ2) is 7.31. The first-order chi connectivity index (χ1) is 12.3. The number of nitrogens with one attached hydrogen (secondary N) is 1. The van der Waals surface area contributed by atoms with Crippen molar-refractivity contribution in [2.45, 2.75) is 25.9 Å². The molecule has 1 amide bonds. The molecule has 0 spiro atoms. The van der Waals surface area contributed by atoms with Crippen molar-refractivity contribution in [2.24, 2.45) is 5.92 Å². The lowest BCUT2D eigenvalue weighted by Crippen LogP contribution is -2.38. The Morgan fingerprint density at radius 1 is 1.15 bits per heavy atom. The molecule has 2 heterocycles. The summed E-state index contributed by atoms with van der Waals surface area (Å²) in [4.78, 5) is 22.5. The summed E-state index contributed by atoms with van der Waals surface area (Å²) in [5.74, 6) is 0.622. The van der Waals surface area contributed by atoms with E-state index in [4.69, 9.17) is 0 Å². The lowest BCUT2D eigenvalue weighted by molar-refractivity contribution is -0.137. The summed E-state index contributed by atoms with van der Waals surface area (Å²) in [6.07, 6.45) is -0.993. The van der Waals surface area contributed by atoms with Gasteiger partial charge in [0.15, 0.2) is 0 Å². The van der Waals surface area contributed by atoms with Crippen molar-refractivity contribution < 1.29 is 18.0 Å². The van der Waals surface area contributed by atoms with Crippen molar-refractivity contribution in [3.05, 3.63) is 47.8 Å². The number of hydrogen-bond donors (Lipinski definition) is 1. The Bertz CT molecular complexity index is 769. The number of piperidine rings is 1. The second-order valence-corrected chi connectivity index (χ2v) is 6.44. The van der Waals surface area contributed by atoms with Crippen LogP contribution < -0.4 is 5.32 Å². The molecule has 1 saturated heterocycles. The molecule has 26 heavy (non-hydrogen) atoms. The van der Waals surface area contributed by atoms with Gasteiger partial charge in [0.05, 0.1) is 5.56 Å². The van der Waals surface area contributed by atoms with Gasteiger partial charge in [-0.1, -0.05) is 6.92 Å². The van der Waals surface area contributed by atoms with E-state index in [0.29, 0.717) is 24.7 Å². The predicted molar refractivity (Wildman–Crippen MR) is 91.1 cm³/mol. The highest BCUT2D eigenvalue weighted by Gasteiger charge is 2.30. The van der Waals surface area contributed by atoms with E-state index >= 15 is 0 Å². The number of likely N-dealkylation sites (tertiary alicyclic amines) is 1. The molecule has 1 aliphatic heterocycles. The summed E-state index contributed by atoms with van der Waals surface area (Å²) < 4.78 is 37.8. The quantitative estimate of drug-likeness (QED) is 0.890. The van der Waals surface area contributed by atoms with Crippen LogP contribution in [0.4, 0.5) is 24.8 Å². The van der Waals surface area contributed by atoms with Gasteiger partial charge in [0.1, 0.15) is 5.69 Å². The third-order valence-electron chi connectivity index (χ3n) is 4.41. The number of alkyl halides is 3. The molecule has 0 saturated carbocycles. The Kier molecular flexibility index (Phi) is 5.11. The van der Waals surface area contributed by atoms with Gasteiger partial charge in [-0.2, -0.15) is 13.2 Å². The van der Waals surface area contributed by atoms with Crippen LogP contribution in [0, 0.1) is 5.92 Å². The van der Waals surface area contributed by atoms with Crippen LogP contribution >= 0.6 is 0 Å². The molecular formula is C18H19F3N4O. The van der Waals surface area contributed by atoms with E-state index in [-0.39, 0.29) is 17.5 Å². The normalized spacial score (nSPS) is 15.8. The summed E-state index contributed by atoms with van der Waals surface area (Å²) >= 11 is 0. The number of halogens is 3. The average molecular weight is 364 g/mol. The van der Waals surface area contributed by atoms with Crippen LogP contribution in [0.5, 0.6) is 0 Å². The number of carbonyl (C=O) groups is 1. The van der Waals surface area contributed by atoms with Crippen LogP contribution in [0.3, 0.4) is 0 Å². The summed E-state index contributed by atoms with van der Waals surface area (Å²) in [6.45, 7) is 3.57. The van der Waals surface area contributed by atoms with E-state index in [9.17, 15) is 18.0 Å². The molecule has 1 aromatic heterocycles.